The van der Waals surface area contributed by atoms with Gasteiger partial charge in [0.25, 0.3) is 0 Å². The van der Waals surface area contributed by atoms with Crippen LogP contribution in [0.15, 0.2) is 30.3 Å². The number of hydrogen-bond donors (Lipinski definition) is 2. The fourth-order valence-corrected chi connectivity index (χ4v) is 2.87. The minimum Gasteiger partial charge on any atom is -0.366 e. The van der Waals surface area contributed by atoms with Gasteiger partial charge in [-0.15, -0.1) is 0 Å². The summed E-state index contributed by atoms with van der Waals surface area (Å²) in [5.74, 6) is -1.11. The van der Waals surface area contributed by atoms with Gasteiger partial charge in [0.1, 0.15) is 6.54 Å². The van der Waals surface area contributed by atoms with Gasteiger partial charge >= 0.3 is 6.18 Å². The van der Waals surface area contributed by atoms with E-state index >= 15 is 0 Å². The SMILES string of the molecule is Cc1cc(C(F)(F)F)c2c(C)nn(CC(=O)Nc3ccc(C(N)=O)cc3)c2n1. The van der Waals surface area contributed by atoms with Crippen molar-refractivity contribution in [2.45, 2.75) is 26.6 Å². The summed E-state index contributed by atoms with van der Waals surface area (Å²) in [6.07, 6.45) is -4.56. The third-order valence-corrected chi connectivity index (χ3v) is 4.06. The summed E-state index contributed by atoms with van der Waals surface area (Å²) in [7, 11) is 0. The number of alkyl halides is 3. The lowest BCUT2D eigenvalue weighted by Gasteiger charge is -2.10. The number of halogens is 3. The molecule has 3 rings (SSSR count). The number of carbonyl (C=O) groups is 2. The zero-order valence-corrected chi connectivity index (χ0v) is 15.0. The molecular formula is C18H16F3N5O2. The van der Waals surface area contributed by atoms with E-state index < -0.39 is 23.6 Å². The number of aryl methyl sites for hydroxylation is 2. The molecule has 146 valence electrons. The van der Waals surface area contributed by atoms with Crippen LogP contribution < -0.4 is 11.1 Å². The molecular weight excluding hydrogens is 375 g/mol. The average Bonchev–Trinajstić information content (AvgIpc) is 2.89. The van der Waals surface area contributed by atoms with Crippen LogP contribution in [0.2, 0.25) is 0 Å². The second-order valence-electron chi connectivity index (χ2n) is 6.24. The molecule has 3 N–H and O–H groups in total. The number of nitrogens with zero attached hydrogens (tertiary/aromatic N) is 3. The maximum Gasteiger partial charge on any atom is 0.417 e. The molecule has 0 aliphatic carbocycles. The number of fused-ring (bicyclic) bond motifs is 1. The molecule has 1 aromatic carbocycles. The predicted molar refractivity (Wildman–Crippen MR) is 95.6 cm³/mol. The van der Waals surface area contributed by atoms with Crippen LogP contribution in [0.5, 0.6) is 0 Å². The van der Waals surface area contributed by atoms with Crippen LogP contribution in [0, 0.1) is 13.8 Å². The van der Waals surface area contributed by atoms with Gasteiger partial charge in [0.15, 0.2) is 5.65 Å². The molecule has 0 spiro atoms. The third-order valence-electron chi connectivity index (χ3n) is 4.06. The van der Waals surface area contributed by atoms with Crippen LogP contribution in [0.4, 0.5) is 18.9 Å². The van der Waals surface area contributed by atoms with Gasteiger partial charge in [-0.05, 0) is 44.2 Å². The minimum absolute atomic E-state index is 0.0101. The molecule has 3 aromatic rings. The second-order valence-corrected chi connectivity index (χ2v) is 6.24. The van der Waals surface area contributed by atoms with Crippen molar-refractivity contribution in [2.24, 2.45) is 5.73 Å². The van der Waals surface area contributed by atoms with Crippen molar-refractivity contribution in [3.05, 3.63) is 52.8 Å². The standard InChI is InChI=1S/C18H16F3N5O2/c1-9-7-13(18(19,20)21)15-10(2)25-26(17(15)23-9)8-14(27)24-12-5-3-11(4-6-12)16(22)28/h3-7H,8H2,1-2H3,(H2,22,28)(H,24,27). The molecule has 2 heterocycles. The Morgan fingerprint density at radius 3 is 2.39 bits per heavy atom. The molecule has 0 aliphatic rings. The largest absolute Gasteiger partial charge is 0.417 e. The molecule has 0 aliphatic heterocycles. The van der Waals surface area contributed by atoms with E-state index in [0.717, 1.165) is 10.7 Å². The van der Waals surface area contributed by atoms with E-state index in [0.29, 0.717) is 5.69 Å². The summed E-state index contributed by atoms with van der Waals surface area (Å²) in [6.45, 7) is 2.56. The summed E-state index contributed by atoms with van der Waals surface area (Å²) in [6, 6.07) is 6.85. The smallest absolute Gasteiger partial charge is 0.366 e. The maximum absolute atomic E-state index is 13.3. The molecule has 0 radical (unpaired) electrons. The van der Waals surface area contributed by atoms with Gasteiger partial charge in [0, 0.05) is 16.9 Å². The van der Waals surface area contributed by atoms with Crippen molar-refractivity contribution in [1.29, 1.82) is 0 Å². The normalized spacial score (nSPS) is 11.6. The molecule has 10 heteroatoms. The van der Waals surface area contributed by atoms with E-state index in [1.807, 2.05) is 0 Å². The monoisotopic (exact) mass is 391 g/mol. The summed E-state index contributed by atoms with van der Waals surface area (Å²) < 4.78 is 41.2. The quantitative estimate of drug-likeness (QED) is 0.714. The minimum atomic E-state index is -4.56. The van der Waals surface area contributed by atoms with Gasteiger partial charge < -0.3 is 11.1 Å². The lowest BCUT2D eigenvalue weighted by atomic mass is 10.1. The Hall–Kier alpha value is -3.43. The summed E-state index contributed by atoms with van der Waals surface area (Å²) >= 11 is 0. The van der Waals surface area contributed by atoms with Gasteiger partial charge in [-0.1, -0.05) is 0 Å². The Balaban J connectivity index is 1.89. The number of primary amides is 1. The van der Waals surface area contributed by atoms with Crippen LogP contribution >= 0.6 is 0 Å². The first-order valence-corrected chi connectivity index (χ1v) is 8.18. The lowest BCUT2D eigenvalue weighted by molar-refractivity contribution is -0.136. The first-order valence-electron chi connectivity index (χ1n) is 8.18. The van der Waals surface area contributed by atoms with Crippen LogP contribution in [0.3, 0.4) is 0 Å². The zero-order valence-electron chi connectivity index (χ0n) is 15.0. The molecule has 2 amide bonds. The Bertz CT molecular complexity index is 1070. The first-order chi connectivity index (χ1) is 13.1. The van der Waals surface area contributed by atoms with Gasteiger partial charge in [0.05, 0.1) is 16.6 Å². The molecule has 2 aromatic heterocycles. The summed E-state index contributed by atoms with van der Waals surface area (Å²) in [4.78, 5) is 27.5. The number of anilines is 1. The van der Waals surface area contributed by atoms with Gasteiger partial charge in [0.2, 0.25) is 11.8 Å². The third kappa shape index (κ3) is 3.80. The molecule has 0 unspecified atom stereocenters. The van der Waals surface area contributed by atoms with Crippen molar-refractivity contribution in [3.8, 4) is 0 Å². The number of carbonyl (C=O) groups excluding carboxylic acids is 2. The number of rotatable bonds is 4. The van der Waals surface area contributed by atoms with Crippen LogP contribution in [0.1, 0.15) is 27.3 Å². The van der Waals surface area contributed by atoms with Crippen molar-refractivity contribution in [3.63, 3.8) is 0 Å². The summed E-state index contributed by atoms with van der Waals surface area (Å²) in [5, 5.41) is 6.52. The fourth-order valence-electron chi connectivity index (χ4n) is 2.87. The lowest BCUT2D eigenvalue weighted by Crippen LogP contribution is -2.20. The van der Waals surface area contributed by atoms with Crippen molar-refractivity contribution in [1.82, 2.24) is 14.8 Å². The highest BCUT2D eigenvalue weighted by Crippen LogP contribution is 2.36. The average molecular weight is 391 g/mol. The Morgan fingerprint density at radius 2 is 1.82 bits per heavy atom. The van der Waals surface area contributed by atoms with Crippen molar-refractivity contribution >= 4 is 28.5 Å². The molecule has 7 nitrogen and oxygen atoms in total. The molecule has 0 saturated heterocycles. The zero-order chi connectivity index (χ0) is 20.6. The van der Waals surface area contributed by atoms with Gasteiger partial charge in [-0.3, -0.25) is 9.59 Å². The highest BCUT2D eigenvalue weighted by molar-refractivity contribution is 5.95. The summed E-state index contributed by atoms with van der Waals surface area (Å²) in [5.41, 5.74) is 5.30. The molecule has 0 fully saturated rings. The van der Waals surface area contributed by atoms with Crippen molar-refractivity contribution < 1.29 is 22.8 Å². The topological polar surface area (TPSA) is 103 Å². The molecule has 28 heavy (non-hydrogen) atoms. The van der Waals surface area contributed by atoms with Gasteiger partial charge in [-0.25, -0.2) is 9.67 Å². The predicted octanol–water partition coefficient (Wildman–Crippen LogP) is 2.80. The van der Waals surface area contributed by atoms with Crippen molar-refractivity contribution in [2.75, 3.05) is 5.32 Å². The Kier molecular flexibility index (Phi) is 4.80. The number of pyridine rings is 1. The highest BCUT2D eigenvalue weighted by atomic mass is 19.4. The highest BCUT2D eigenvalue weighted by Gasteiger charge is 2.35. The molecule has 0 saturated carbocycles. The van der Waals surface area contributed by atoms with Crippen LogP contribution in [0.25, 0.3) is 11.0 Å². The van der Waals surface area contributed by atoms with Crippen LogP contribution in [-0.2, 0) is 17.5 Å². The number of aromatic nitrogens is 3. The fraction of sp³-hybridized carbons (Fsp3) is 0.222. The number of benzene rings is 1. The number of hydrogen-bond acceptors (Lipinski definition) is 4. The number of nitrogens with two attached hydrogens (primary N) is 1. The molecule has 0 bridgehead atoms. The van der Waals surface area contributed by atoms with E-state index in [2.05, 4.69) is 15.4 Å². The van der Waals surface area contributed by atoms with E-state index in [9.17, 15) is 22.8 Å². The van der Waals surface area contributed by atoms with E-state index in [-0.39, 0.29) is 34.5 Å². The van der Waals surface area contributed by atoms with Gasteiger partial charge in [-0.2, -0.15) is 18.3 Å². The molecule has 0 atom stereocenters. The van der Waals surface area contributed by atoms with Crippen LogP contribution in [-0.4, -0.2) is 26.6 Å². The first kappa shape index (κ1) is 19.3. The number of nitrogens with one attached hydrogen (secondary N) is 1. The van der Waals surface area contributed by atoms with E-state index in [1.54, 1.807) is 0 Å². The second kappa shape index (κ2) is 6.95. The Morgan fingerprint density at radius 1 is 1.18 bits per heavy atom. The maximum atomic E-state index is 13.3. The van der Waals surface area contributed by atoms with E-state index in [4.69, 9.17) is 5.73 Å². The Labute approximate surface area is 157 Å². The number of amides is 2. The van der Waals surface area contributed by atoms with E-state index in [1.165, 1.54) is 38.1 Å².